The Balaban J connectivity index is 1.98. The molecule has 104 valence electrons. The van der Waals surface area contributed by atoms with Gasteiger partial charge in [-0.2, -0.15) is 0 Å². The molecule has 0 spiro atoms. The van der Waals surface area contributed by atoms with Gasteiger partial charge in [-0.15, -0.1) is 0 Å². The van der Waals surface area contributed by atoms with Crippen LogP contribution in [0.4, 0.5) is 0 Å². The normalized spacial score (nSPS) is 24.0. The minimum Gasteiger partial charge on any atom is -0.465 e. The summed E-state index contributed by atoms with van der Waals surface area (Å²) in [7, 11) is 0. The standard InChI is InChI=1S/C15H22N2O2/c1-2-12-7-8-17(13(10-12)11-16)15(18)6-5-14-4-3-9-19-14/h3-6,9,12-13H,2,7-8,10-11,16H2,1H3/b6-5+. The van der Waals surface area contributed by atoms with Crippen molar-refractivity contribution < 1.29 is 9.21 Å². The molecule has 4 nitrogen and oxygen atoms in total. The number of hydrogen-bond acceptors (Lipinski definition) is 3. The second-order valence-electron chi connectivity index (χ2n) is 5.07. The highest BCUT2D eigenvalue weighted by molar-refractivity contribution is 5.91. The van der Waals surface area contributed by atoms with Crippen LogP contribution in [-0.4, -0.2) is 29.9 Å². The van der Waals surface area contributed by atoms with Crippen molar-refractivity contribution in [2.75, 3.05) is 13.1 Å². The minimum atomic E-state index is 0.0291. The van der Waals surface area contributed by atoms with Gasteiger partial charge in [-0.1, -0.05) is 13.3 Å². The maximum Gasteiger partial charge on any atom is 0.246 e. The molecule has 2 N–H and O–H groups in total. The molecule has 0 saturated carbocycles. The van der Waals surface area contributed by atoms with Crippen molar-refractivity contribution in [1.82, 2.24) is 4.90 Å². The van der Waals surface area contributed by atoms with Gasteiger partial charge in [-0.05, 0) is 37.0 Å². The highest BCUT2D eigenvalue weighted by Gasteiger charge is 2.28. The van der Waals surface area contributed by atoms with Crippen LogP contribution in [0.25, 0.3) is 6.08 Å². The summed E-state index contributed by atoms with van der Waals surface area (Å²) in [5.74, 6) is 1.43. The molecule has 2 unspecified atom stereocenters. The van der Waals surface area contributed by atoms with Crippen molar-refractivity contribution in [3.8, 4) is 0 Å². The third kappa shape index (κ3) is 3.47. The van der Waals surface area contributed by atoms with E-state index in [-0.39, 0.29) is 11.9 Å². The van der Waals surface area contributed by atoms with Crippen molar-refractivity contribution in [2.45, 2.75) is 32.2 Å². The Morgan fingerprint density at radius 3 is 3.11 bits per heavy atom. The molecule has 1 fully saturated rings. The number of carbonyl (C=O) groups is 1. The Kier molecular flexibility index (Phi) is 4.80. The molecule has 0 radical (unpaired) electrons. The molecule has 0 aliphatic carbocycles. The fraction of sp³-hybridized carbons (Fsp3) is 0.533. The molecule has 1 amide bonds. The first-order valence-corrected chi connectivity index (χ1v) is 6.96. The van der Waals surface area contributed by atoms with Gasteiger partial charge in [-0.25, -0.2) is 0 Å². The highest BCUT2D eigenvalue weighted by Crippen LogP contribution is 2.25. The monoisotopic (exact) mass is 262 g/mol. The van der Waals surface area contributed by atoms with Crippen LogP contribution in [0.5, 0.6) is 0 Å². The van der Waals surface area contributed by atoms with Crippen LogP contribution < -0.4 is 5.73 Å². The summed E-state index contributed by atoms with van der Waals surface area (Å²) in [4.78, 5) is 14.1. The van der Waals surface area contributed by atoms with Crippen LogP contribution in [-0.2, 0) is 4.79 Å². The summed E-state index contributed by atoms with van der Waals surface area (Å²) in [5, 5.41) is 0. The Morgan fingerprint density at radius 1 is 1.63 bits per heavy atom. The molecule has 2 rings (SSSR count). The van der Waals surface area contributed by atoms with E-state index in [1.165, 1.54) is 6.42 Å². The van der Waals surface area contributed by atoms with Crippen LogP contribution in [0.15, 0.2) is 28.9 Å². The number of likely N-dealkylation sites (tertiary alicyclic amines) is 1. The summed E-state index contributed by atoms with van der Waals surface area (Å²) < 4.78 is 5.18. The fourth-order valence-corrected chi connectivity index (χ4v) is 2.65. The lowest BCUT2D eigenvalue weighted by Crippen LogP contribution is -2.49. The van der Waals surface area contributed by atoms with Gasteiger partial charge in [0.05, 0.1) is 6.26 Å². The third-order valence-electron chi connectivity index (χ3n) is 3.89. The Hall–Kier alpha value is -1.55. The van der Waals surface area contributed by atoms with E-state index in [1.54, 1.807) is 24.5 Å². The van der Waals surface area contributed by atoms with Gasteiger partial charge in [0.25, 0.3) is 0 Å². The second kappa shape index (κ2) is 6.57. The first-order chi connectivity index (χ1) is 9.24. The summed E-state index contributed by atoms with van der Waals surface area (Å²) in [6.07, 6.45) is 8.15. The van der Waals surface area contributed by atoms with E-state index in [4.69, 9.17) is 10.2 Å². The van der Waals surface area contributed by atoms with Gasteiger partial charge in [0.1, 0.15) is 5.76 Å². The zero-order valence-corrected chi connectivity index (χ0v) is 11.4. The van der Waals surface area contributed by atoms with Crippen LogP contribution in [0.2, 0.25) is 0 Å². The van der Waals surface area contributed by atoms with Gasteiger partial charge < -0.3 is 15.1 Å². The first-order valence-electron chi connectivity index (χ1n) is 6.96. The lowest BCUT2D eigenvalue weighted by atomic mass is 9.89. The topological polar surface area (TPSA) is 59.5 Å². The van der Waals surface area contributed by atoms with Crippen molar-refractivity contribution in [2.24, 2.45) is 11.7 Å². The molecular weight excluding hydrogens is 240 g/mol. The van der Waals surface area contributed by atoms with E-state index < -0.39 is 0 Å². The number of nitrogens with two attached hydrogens (primary N) is 1. The zero-order valence-electron chi connectivity index (χ0n) is 11.4. The van der Waals surface area contributed by atoms with E-state index in [9.17, 15) is 4.79 Å². The largest absolute Gasteiger partial charge is 0.465 e. The Morgan fingerprint density at radius 2 is 2.47 bits per heavy atom. The predicted octanol–water partition coefficient (Wildman–Crippen LogP) is 2.27. The number of rotatable bonds is 4. The third-order valence-corrected chi connectivity index (χ3v) is 3.89. The first kappa shape index (κ1) is 13.9. The summed E-state index contributed by atoms with van der Waals surface area (Å²) in [6.45, 7) is 3.55. The van der Waals surface area contributed by atoms with E-state index in [0.29, 0.717) is 18.2 Å². The summed E-state index contributed by atoms with van der Waals surface area (Å²) in [5.41, 5.74) is 5.80. The van der Waals surface area contributed by atoms with Crippen molar-refractivity contribution in [1.29, 1.82) is 0 Å². The predicted molar refractivity (Wildman–Crippen MR) is 75.3 cm³/mol. The van der Waals surface area contributed by atoms with Crippen LogP contribution in [0.3, 0.4) is 0 Å². The molecule has 1 aromatic heterocycles. The molecule has 1 aromatic rings. The number of amides is 1. The molecule has 2 heterocycles. The van der Waals surface area contributed by atoms with Crippen LogP contribution in [0.1, 0.15) is 31.9 Å². The van der Waals surface area contributed by atoms with E-state index in [0.717, 1.165) is 19.4 Å². The smallest absolute Gasteiger partial charge is 0.246 e. The summed E-state index contributed by atoms with van der Waals surface area (Å²) in [6, 6.07) is 3.81. The van der Waals surface area contributed by atoms with Crippen LogP contribution >= 0.6 is 0 Å². The quantitative estimate of drug-likeness (QED) is 0.847. The van der Waals surface area contributed by atoms with E-state index >= 15 is 0 Å². The minimum absolute atomic E-state index is 0.0291. The average Bonchev–Trinajstić information content (AvgIpc) is 2.97. The molecule has 1 aliphatic heterocycles. The molecular formula is C15H22N2O2. The zero-order chi connectivity index (χ0) is 13.7. The molecule has 1 aliphatic rings. The fourth-order valence-electron chi connectivity index (χ4n) is 2.65. The maximum atomic E-state index is 12.2. The lowest BCUT2D eigenvalue weighted by molar-refractivity contribution is -0.130. The van der Waals surface area contributed by atoms with Gasteiger partial charge in [0, 0.05) is 25.2 Å². The van der Waals surface area contributed by atoms with Crippen LogP contribution in [0, 0.1) is 5.92 Å². The number of piperidine rings is 1. The molecule has 4 heteroatoms. The number of nitrogens with zero attached hydrogens (tertiary/aromatic N) is 1. The maximum absolute atomic E-state index is 12.2. The number of carbonyl (C=O) groups excluding carboxylic acids is 1. The van der Waals surface area contributed by atoms with Gasteiger partial charge >= 0.3 is 0 Å². The Bertz CT molecular complexity index is 425. The second-order valence-corrected chi connectivity index (χ2v) is 5.07. The highest BCUT2D eigenvalue weighted by atomic mass is 16.3. The molecule has 1 saturated heterocycles. The Labute approximate surface area is 114 Å². The van der Waals surface area contributed by atoms with Gasteiger partial charge in [0.15, 0.2) is 0 Å². The summed E-state index contributed by atoms with van der Waals surface area (Å²) >= 11 is 0. The average molecular weight is 262 g/mol. The van der Waals surface area contributed by atoms with Crippen molar-refractivity contribution in [3.05, 3.63) is 30.2 Å². The van der Waals surface area contributed by atoms with E-state index in [2.05, 4.69) is 6.92 Å². The molecule has 2 atom stereocenters. The van der Waals surface area contributed by atoms with Crippen molar-refractivity contribution >= 4 is 12.0 Å². The molecule has 0 aromatic carbocycles. The molecule has 19 heavy (non-hydrogen) atoms. The van der Waals surface area contributed by atoms with Gasteiger partial charge in [0.2, 0.25) is 5.91 Å². The van der Waals surface area contributed by atoms with Gasteiger partial charge in [-0.3, -0.25) is 4.79 Å². The van der Waals surface area contributed by atoms with E-state index in [1.807, 2.05) is 11.0 Å². The SMILES string of the molecule is CCC1CCN(C(=O)/C=C/c2ccco2)C(CN)C1. The number of hydrogen-bond donors (Lipinski definition) is 1. The van der Waals surface area contributed by atoms with Crippen molar-refractivity contribution in [3.63, 3.8) is 0 Å². The lowest BCUT2D eigenvalue weighted by Gasteiger charge is -2.38. The molecule has 0 bridgehead atoms. The number of furan rings is 1.